The fourth-order valence-electron chi connectivity index (χ4n) is 4.90. The molecule has 0 saturated carbocycles. The summed E-state index contributed by atoms with van der Waals surface area (Å²) in [7, 11) is 0. The van der Waals surface area contributed by atoms with Gasteiger partial charge in [-0.15, -0.1) is 0 Å². The second-order valence-corrected chi connectivity index (χ2v) is 9.45. The molecule has 2 amide bonds. The van der Waals surface area contributed by atoms with E-state index in [1.807, 2.05) is 0 Å². The molecule has 0 saturated heterocycles. The molecule has 1 N–H and O–H groups in total. The number of amides is 2. The maximum atomic E-state index is 13.7. The van der Waals surface area contributed by atoms with Crippen LogP contribution in [0.3, 0.4) is 0 Å². The molecule has 1 aliphatic heterocycles. The zero-order valence-corrected chi connectivity index (χ0v) is 19.8. The summed E-state index contributed by atoms with van der Waals surface area (Å²) in [5.41, 5.74) is 1.99. The Morgan fingerprint density at radius 3 is 2.77 bits per heavy atom. The number of rotatable bonds is 7. The Kier molecular flexibility index (Phi) is 6.28. The number of hydrogen-bond acceptors (Lipinski definition) is 4. The van der Waals surface area contributed by atoms with Crippen LogP contribution < -0.4 is 5.32 Å². The summed E-state index contributed by atoms with van der Waals surface area (Å²) in [5.74, 6) is -0.251. The van der Waals surface area contributed by atoms with Crippen LogP contribution in [0.15, 0.2) is 64.8 Å². The average Bonchev–Trinajstić information content (AvgIpc) is 3.54. The number of allylic oxidation sites excluding steroid dienone is 1. The molecule has 0 fully saturated rings. The number of carbonyl (C=O) groups is 2. The maximum absolute atomic E-state index is 13.7. The molecular formula is C27H29FN4O3. The second kappa shape index (κ2) is 9.52. The first-order valence-electron chi connectivity index (χ1n) is 12.1. The lowest BCUT2D eigenvalue weighted by Crippen LogP contribution is -2.64. The number of aromatic nitrogens is 2. The van der Waals surface area contributed by atoms with Crippen LogP contribution >= 0.6 is 0 Å². The lowest BCUT2D eigenvalue weighted by Gasteiger charge is -2.43. The number of fused-ring (bicyclic) bond motifs is 1. The summed E-state index contributed by atoms with van der Waals surface area (Å²) in [6, 6.07) is 11.3. The summed E-state index contributed by atoms with van der Waals surface area (Å²) in [4.78, 5) is 28.9. The Labute approximate surface area is 203 Å². The Hall–Kier alpha value is -3.68. The number of benzene rings is 1. The molecule has 3 heterocycles. The SMILES string of the molecule is C[C@@]1(C(=O)NCc2ccc(F)cc2)Cn2nc(-c3ccco3)cc2C(=O)N1CCC1=CCCCC1. The third kappa shape index (κ3) is 4.65. The molecule has 0 unspecified atom stereocenters. The van der Waals surface area contributed by atoms with E-state index in [0.717, 1.165) is 31.2 Å². The van der Waals surface area contributed by atoms with Crippen LogP contribution in [0.25, 0.3) is 11.5 Å². The van der Waals surface area contributed by atoms with Crippen molar-refractivity contribution in [3.63, 3.8) is 0 Å². The van der Waals surface area contributed by atoms with Gasteiger partial charge in [0.25, 0.3) is 5.91 Å². The zero-order valence-electron chi connectivity index (χ0n) is 19.8. The first-order chi connectivity index (χ1) is 16.9. The minimum absolute atomic E-state index is 0.225. The fraction of sp³-hybridized carbons (Fsp3) is 0.370. The molecule has 7 nitrogen and oxygen atoms in total. The number of carbonyl (C=O) groups excluding carboxylic acids is 2. The Bertz CT molecular complexity index is 1250. The van der Waals surface area contributed by atoms with Crippen molar-refractivity contribution in [1.29, 1.82) is 0 Å². The van der Waals surface area contributed by atoms with Crippen LogP contribution in [0, 0.1) is 5.82 Å². The summed E-state index contributed by atoms with van der Waals surface area (Å²) in [6.07, 6.45) is 9.04. The standard InChI is InChI=1S/C27H29FN4O3/c1-27(26(34)29-17-20-9-11-21(28)12-10-20)18-32-23(16-22(30-32)24-8-5-15-35-24)25(33)31(27)14-13-19-6-3-2-4-7-19/h5-6,8-12,15-16H,2-4,7,13-14,17-18H2,1H3,(H,29,34)/t27-/m0/s1. The normalized spacial score (nSPS) is 19.9. The lowest BCUT2D eigenvalue weighted by atomic mass is 9.92. The van der Waals surface area contributed by atoms with Gasteiger partial charge in [0.1, 0.15) is 22.7 Å². The van der Waals surface area contributed by atoms with Crippen LogP contribution in [0.5, 0.6) is 0 Å². The van der Waals surface area contributed by atoms with Crippen molar-refractivity contribution >= 4 is 11.8 Å². The highest BCUT2D eigenvalue weighted by Gasteiger charge is 2.47. The summed E-state index contributed by atoms with van der Waals surface area (Å²) >= 11 is 0. The minimum Gasteiger partial charge on any atom is -0.463 e. The summed E-state index contributed by atoms with van der Waals surface area (Å²) in [5, 5.41) is 7.53. The van der Waals surface area contributed by atoms with Gasteiger partial charge in [0.15, 0.2) is 5.76 Å². The molecule has 8 heteroatoms. The van der Waals surface area contributed by atoms with Crippen molar-refractivity contribution in [2.24, 2.45) is 0 Å². The van der Waals surface area contributed by atoms with E-state index in [1.54, 1.807) is 53.1 Å². The highest BCUT2D eigenvalue weighted by molar-refractivity contribution is 6.00. The van der Waals surface area contributed by atoms with Crippen LogP contribution in [-0.4, -0.2) is 38.6 Å². The minimum atomic E-state index is -1.13. The van der Waals surface area contributed by atoms with Crippen molar-refractivity contribution < 1.29 is 18.4 Å². The summed E-state index contributed by atoms with van der Waals surface area (Å²) in [6.45, 7) is 2.71. The number of halogens is 1. The van der Waals surface area contributed by atoms with E-state index in [0.29, 0.717) is 23.7 Å². The van der Waals surface area contributed by atoms with E-state index in [9.17, 15) is 14.0 Å². The van der Waals surface area contributed by atoms with Gasteiger partial charge in [0.05, 0.1) is 12.8 Å². The molecule has 35 heavy (non-hydrogen) atoms. The molecule has 2 aliphatic rings. The van der Waals surface area contributed by atoms with E-state index in [4.69, 9.17) is 4.42 Å². The molecule has 0 radical (unpaired) electrons. The molecule has 0 spiro atoms. The molecule has 1 aliphatic carbocycles. The fourth-order valence-corrected chi connectivity index (χ4v) is 4.90. The average molecular weight is 477 g/mol. The van der Waals surface area contributed by atoms with Crippen molar-refractivity contribution in [3.05, 3.63) is 77.5 Å². The van der Waals surface area contributed by atoms with Gasteiger partial charge in [-0.1, -0.05) is 23.8 Å². The number of nitrogens with zero attached hydrogens (tertiary/aromatic N) is 3. The van der Waals surface area contributed by atoms with Gasteiger partial charge < -0.3 is 14.6 Å². The Morgan fingerprint density at radius 2 is 2.06 bits per heavy atom. The number of nitrogens with one attached hydrogen (secondary N) is 1. The highest BCUT2D eigenvalue weighted by atomic mass is 19.1. The van der Waals surface area contributed by atoms with Gasteiger partial charge in [0.2, 0.25) is 5.91 Å². The largest absolute Gasteiger partial charge is 0.463 e. The third-order valence-corrected chi connectivity index (χ3v) is 6.97. The first kappa shape index (κ1) is 23.1. The van der Waals surface area contributed by atoms with Crippen LogP contribution in [0.1, 0.15) is 55.1 Å². The number of hydrogen-bond donors (Lipinski definition) is 1. The van der Waals surface area contributed by atoms with Gasteiger partial charge in [0, 0.05) is 19.2 Å². The topological polar surface area (TPSA) is 80.4 Å². The van der Waals surface area contributed by atoms with Crippen molar-refractivity contribution in [3.8, 4) is 11.5 Å². The Morgan fingerprint density at radius 1 is 1.23 bits per heavy atom. The van der Waals surface area contributed by atoms with E-state index in [2.05, 4.69) is 16.5 Å². The van der Waals surface area contributed by atoms with E-state index in [-0.39, 0.29) is 30.7 Å². The van der Waals surface area contributed by atoms with Gasteiger partial charge in [-0.2, -0.15) is 5.10 Å². The third-order valence-electron chi connectivity index (χ3n) is 6.97. The predicted octanol–water partition coefficient (Wildman–Crippen LogP) is 4.70. The summed E-state index contributed by atoms with van der Waals surface area (Å²) < 4.78 is 20.3. The molecule has 5 rings (SSSR count). The van der Waals surface area contributed by atoms with Crippen molar-refractivity contribution in [2.75, 3.05) is 6.54 Å². The molecule has 182 valence electrons. The van der Waals surface area contributed by atoms with Gasteiger partial charge >= 0.3 is 0 Å². The van der Waals surface area contributed by atoms with Crippen LogP contribution in [0.2, 0.25) is 0 Å². The van der Waals surface area contributed by atoms with Crippen molar-refractivity contribution in [2.45, 2.75) is 57.7 Å². The van der Waals surface area contributed by atoms with Gasteiger partial charge in [-0.3, -0.25) is 14.3 Å². The predicted molar refractivity (Wildman–Crippen MR) is 129 cm³/mol. The highest BCUT2D eigenvalue weighted by Crippen LogP contribution is 2.31. The molecule has 3 aromatic rings. The number of furan rings is 1. The maximum Gasteiger partial charge on any atom is 0.273 e. The quantitative estimate of drug-likeness (QED) is 0.501. The molecule has 1 atom stereocenters. The van der Waals surface area contributed by atoms with Gasteiger partial charge in [-0.25, -0.2) is 4.39 Å². The molecule has 1 aromatic carbocycles. The molecule has 0 bridgehead atoms. The van der Waals surface area contributed by atoms with E-state index >= 15 is 0 Å². The van der Waals surface area contributed by atoms with E-state index in [1.165, 1.54) is 24.1 Å². The Balaban J connectivity index is 1.42. The lowest BCUT2D eigenvalue weighted by molar-refractivity contribution is -0.133. The van der Waals surface area contributed by atoms with Crippen molar-refractivity contribution in [1.82, 2.24) is 20.0 Å². The monoisotopic (exact) mass is 476 g/mol. The zero-order chi connectivity index (χ0) is 24.4. The first-order valence-corrected chi connectivity index (χ1v) is 12.1. The van der Waals surface area contributed by atoms with E-state index < -0.39 is 5.54 Å². The molecule has 2 aromatic heterocycles. The van der Waals surface area contributed by atoms with Crippen LogP contribution in [0.4, 0.5) is 4.39 Å². The molecular weight excluding hydrogens is 447 g/mol. The second-order valence-electron chi connectivity index (χ2n) is 9.45. The van der Waals surface area contributed by atoms with Gasteiger partial charge in [-0.05, 0) is 68.9 Å². The smallest absolute Gasteiger partial charge is 0.273 e. The van der Waals surface area contributed by atoms with Crippen LogP contribution in [-0.2, 0) is 17.9 Å².